The average molecular weight is 323 g/mol. The molecule has 0 atom stereocenters. The van der Waals surface area contributed by atoms with Crippen LogP contribution in [0.5, 0.6) is 5.75 Å². The van der Waals surface area contributed by atoms with E-state index in [2.05, 4.69) is 10.6 Å². The van der Waals surface area contributed by atoms with Gasteiger partial charge in [-0.3, -0.25) is 4.79 Å². The Morgan fingerprint density at radius 1 is 1.00 bits per heavy atom. The number of aryl methyl sites for hydroxylation is 1. The van der Waals surface area contributed by atoms with Crippen LogP contribution in [-0.2, 0) is 7.05 Å². The number of benzene rings is 2. The lowest BCUT2D eigenvalue weighted by Crippen LogP contribution is -2.22. The summed E-state index contributed by atoms with van der Waals surface area (Å²) in [5.74, 6) is 0.713. The van der Waals surface area contributed by atoms with Crippen molar-refractivity contribution in [1.82, 2.24) is 4.57 Å². The summed E-state index contributed by atoms with van der Waals surface area (Å²) in [6.07, 6.45) is 1.61. The summed E-state index contributed by atoms with van der Waals surface area (Å²) in [6.45, 7) is 0. The smallest absolute Gasteiger partial charge is 0.323 e. The van der Waals surface area contributed by atoms with Gasteiger partial charge in [0.25, 0.3) is 5.56 Å². The predicted molar refractivity (Wildman–Crippen MR) is 94.8 cm³/mol. The molecule has 0 saturated heterocycles. The Kier molecular flexibility index (Phi) is 4.20. The van der Waals surface area contributed by atoms with Crippen LogP contribution in [0.3, 0.4) is 0 Å². The number of pyridine rings is 1. The van der Waals surface area contributed by atoms with E-state index in [1.807, 2.05) is 6.07 Å². The summed E-state index contributed by atoms with van der Waals surface area (Å²) in [6, 6.07) is 13.8. The number of fused-ring (bicyclic) bond motifs is 1. The maximum atomic E-state index is 12.2. The van der Waals surface area contributed by atoms with E-state index < -0.39 is 0 Å². The van der Waals surface area contributed by atoms with Crippen LogP contribution < -0.4 is 20.9 Å². The Balaban J connectivity index is 1.85. The van der Waals surface area contributed by atoms with E-state index in [0.29, 0.717) is 27.9 Å². The Morgan fingerprint density at radius 3 is 2.33 bits per heavy atom. The molecule has 6 heteroatoms. The van der Waals surface area contributed by atoms with Crippen LogP contribution in [0.1, 0.15) is 0 Å². The molecule has 6 nitrogen and oxygen atoms in total. The average Bonchev–Trinajstić information content (AvgIpc) is 2.60. The first-order chi connectivity index (χ1) is 11.6. The lowest BCUT2D eigenvalue weighted by molar-refractivity contribution is 0.262. The molecule has 0 bridgehead atoms. The molecule has 24 heavy (non-hydrogen) atoms. The molecule has 0 aliphatic carbocycles. The van der Waals surface area contributed by atoms with Crippen molar-refractivity contribution in [2.45, 2.75) is 0 Å². The number of anilines is 2. The van der Waals surface area contributed by atoms with Crippen LogP contribution in [-0.4, -0.2) is 17.7 Å². The van der Waals surface area contributed by atoms with Crippen molar-refractivity contribution in [3.05, 3.63) is 65.1 Å². The minimum Gasteiger partial charge on any atom is -0.497 e. The number of carbonyl (C=O) groups excluding carboxylic acids is 1. The van der Waals surface area contributed by atoms with Gasteiger partial charge < -0.3 is 19.9 Å². The first kappa shape index (κ1) is 15.6. The first-order valence-corrected chi connectivity index (χ1v) is 7.39. The molecule has 0 aliphatic rings. The summed E-state index contributed by atoms with van der Waals surface area (Å²) in [5.41, 5.74) is 1.10. The summed E-state index contributed by atoms with van der Waals surface area (Å²) in [4.78, 5) is 24.4. The molecular formula is C18H17N3O3. The molecule has 2 N–H and O–H groups in total. The summed E-state index contributed by atoms with van der Waals surface area (Å²) >= 11 is 0. The third-order valence-corrected chi connectivity index (χ3v) is 3.69. The number of amides is 2. The third kappa shape index (κ3) is 3.08. The van der Waals surface area contributed by atoms with Crippen molar-refractivity contribution in [2.24, 2.45) is 7.05 Å². The lowest BCUT2D eigenvalue weighted by atomic mass is 10.1. The van der Waals surface area contributed by atoms with E-state index in [4.69, 9.17) is 4.74 Å². The highest BCUT2D eigenvalue weighted by Gasteiger charge is 2.09. The fourth-order valence-electron chi connectivity index (χ4n) is 2.47. The molecule has 0 aliphatic heterocycles. The van der Waals surface area contributed by atoms with Gasteiger partial charge in [0.05, 0.1) is 12.8 Å². The van der Waals surface area contributed by atoms with Crippen molar-refractivity contribution in [3.63, 3.8) is 0 Å². The zero-order valence-electron chi connectivity index (χ0n) is 13.4. The van der Waals surface area contributed by atoms with Crippen molar-refractivity contribution in [1.29, 1.82) is 0 Å². The molecule has 122 valence electrons. The highest BCUT2D eigenvalue weighted by atomic mass is 16.5. The largest absolute Gasteiger partial charge is 0.497 e. The fraction of sp³-hybridized carbons (Fsp3) is 0.111. The first-order valence-electron chi connectivity index (χ1n) is 7.39. The van der Waals surface area contributed by atoms with Gasteiger partial charge in [-0.1, -0.05) is 18.2 Å². The second-order valence-corrected chi connectivity index (χ2v) is 5.31. The predicted octanol–water partition coefficient (Wildman–Crippen LogP) is 3.19. The number of nitrogens with one attached hydrogen (secondary N) is 2. The van der Waals surface area contributed by atoms with Crippen LogP contribution in [0.25, 0.3) is 10.8 Å². The highest BCUT2D eigenvalue weighted by Crippen LogP contribution is 2.21. The van der Waals surface area contributed by atoms with Gasteiger partial charge >= 0.3 is 6.03 Å². The minimum atomic E-state index is -0.385. The van der Waals surface area contributed by atoms with Crippen LogP contribution in [0, 0.1) is 0 Å². The lowest BCUT2D eigenvalue weighted by Gasteiger charge is -2.12. The number of ether oxygens (including phenoxy) is 1. The van der Waals surface area contributed by atoms with Crippen molar-refractivity contribution < 1.29 is 9.53 Å². The van der Waals surface area contributed by atoms with Gasteiger partial charge in [-0.15, -0.1) is 0 Å². The van der Waals surface area contributed by atoms with Crippen LogP contribution >= 0.6 is 0 Å². The molecular weight excluding hydrogens is 306 g/mol. The van der Waals surface area contributed by atoms with Crippen molar-refractivity contribution in [2.75, 3.05) is 17.7 Å². The van der Waals surface area contributed by atoms with Gasteiger partial charge in [-0.25, -0.2) is 4.79 Å². The molecule has 2 amide bonds. The Bertz CT molecular complexity index is 946. The van der Waals surface area contributed by atoms with E-state index >= 15 is 0 Å². The van der Waals surface area contributed by atoms with Crippen molar-refractivity contribution >= 4 is 28.2 Å². The van der Waals surface area contributed by atoms with E-state index in [1.54, 1.807) is 62.8 Å². The van der Waals surface area contributed by atoms with E-state index in [1.165, 1.54) is 4.57 Å². The molecule has 2 aromatic carbocycles. The topological polar surface area (TPSA) is 72.4 Å². The van der Waals surface area contributed by atoms with Gasteiger partial charge in [0.2, 0.25) is 0 Å². The maximum absolute atomic E-state index is 12.2. The zero-order valence-corrected chi connectivity index (χ0v) is 13.4. The SMILES string of the molecule is COc1ccc(NC(=O)Nc2cn(C)c(=O)c3ccccc23)cc1. The number of nitrogens with zero attached hydrogens (tertiary/aromatic N) is 1. The molecule has 1 aromatic heterocycles. The number of urea groups is 1. The van der Waals surface area contributed by atoms with E-state index in [-0.39, 0.29) is 11.6 Å². The van der Waals surface area contributed by atoms with Crippen LogP contribution in [0.15, 0.2) is 59.5 Å². The Morgan fingerprint density at radius 2 is 1.67 bits per heavy atom. The standard InChI is InChI=1S/C18H17N3O3/c1-21-11-16(14-5-3-4-6-15(14)17(21)22)20-18(23)19-12-7-9-13(24-2)10-8-12/h3-11H,1-2H3,(H2,19,20,23). The van der Waals surface area contributed by atoms with Gasteiger partial charge in [0, 0.05) is 29.7 Å². The zero-order chi connectivity index (χ0) is 17.1. The maximum Gasteiger partial charge on any atom is 0.323 e. The quantitative estimate of drug-likeness (QED) is 0.777. The highest BCUT2D eigenvalue weighted by molar-refractivity contribution is 6.05. The van der Waals surface area contributed by atoms with Crippen molar-refractivity contribution in [3.8, 4) is 5.75 Å². The molecule has 0 fully saturated rings. The summed E-state index contributed by atoms with van der Waals surface area (Å²) in [7, 11) is 3.24. The number of hydrogen-bond acceptors (Lipinski definition) is 3. The van der Waals surface area contributed by atoms with Gasteiger partial charge in [0.1, 0.15) is 5.75 Å². The molecule has 0 saturated carbocycles. The number of methoxy groups -OCH3 is 1. The van der Waals surface area contributed by atoms with Crippen LogP contribution in [0.2, 0.25) is 0 Å². The normalized spacial score (nSPS) is 10.4. The minimum absolute atomic E-state index is 0.105. The number of hydrogen-bond donors (Lipinski definition) is 2. The molecule has 0 radical (unpaired) electrons. The van der Waals surface area contributed by atoms with E-state index in [9.17, 15) is 9.59 Å². The van der Waals surface area contributed by atoms with Gasteiger partial charge in [-0.05, 0) is 30.3 Å². The second-order valence-electron chi connectivity index (χ2n) is 5.31. The number of rotatable bonds is 3. The van der Waals surface area contributed by atoms with Crippen LogP contribution in [0.4, 0.5) is 16.2 Å². The summed E-state index contributed by atoms with van der Waals surface area (Å²) in [5, 5.41) is 6.79. The van der Waals surface area contributed by atoms with Gasteiger partial charge in [-0.2, -0.15) is 0 Å². The molecule has 0 spiro atoms. The Labute approximate surface area is 138 Å². The Hall–Kier alpha value is -3.28. The molecule has 3 rings (SSSR count). The van der Waals surface area contributed by atoms with Gasteiger partial charge in [0.15, 0.2) is 0 Å². The fourth-order valence-corrected chi connectivity index (χ4v) is 2.47. The molecule has 1 heterocycles. The molecule has 0 unspecified atom stereocenters. The third-order valence-electron chi connectivity index (χ3n) is 3.69. The molecule has 3 aromatic rings. The van der Waals surface area contributed by atoms with E-state index in [0.717, 1.165) is 0 Å². The number of carbonyl (C=O) groups is 1. The number of aromatic nitrogens is 1. The second kappa shape index (κ2) is 6.45. The summed E-state index contributed by atoms with van der Waals surface area (Å²) < 4.78 is 6.53. The monoisotopic (exact) mass is 323 g/mol.